The Morgan fingerprint density at radius 2 is 1.88 bits per heavy atom. The number of halogens is 3. The van der Waals surface area contributed by atoms with Gasteiger partial charge in [0, 0.05) is 15.9 Å². The summed E-state index contributed by atoms with van der Waals surface area (Å²) in [6.45, 7) is 0.0207. The van der Waals surface area contributed by atoms with E-state index in [2.05, 4.69) is 4.74 Å². The molecule has 94 valence electrons. The molecule has 0 fully saturated rings. The van der Waals surface area contributed by atoms with Gasteiger partial charge >= 0.3 is 10.8 Å². The molecule has 0 amide bonds. The molecular formula is C12H13BrF2O2. The second kappa shape index (κ2) is 6.69. The van der Waals surface area contributed by atoms with Crippen LogP contribution in [0.2, 0.25) is 0 Å². The van der Waals surface area contributed by atoms with Crippen molar-refractivity contribution in [3.05, 3.63) is 35.9 Å². The van der Waals surface area contributed by atoms with Gasteiger partial charge in [0.1, 0.15) is 0 Å². The van der Waals surface area contributed by atoms with E-state index in [1.807, 2.05) is 46.3 Å². The number of carbonyl (C=O) groups excluding carboxylic acids is 1. The van der Waals surface area contributed by atoms with Gasteiger partial charge in [-0.25, -0.2) is 4.79 Å². The van der Waals surface area contributed by atoms with Gasteiger partial charge < -0.3 is 4.74 Å². The van der Waals surface area contributed by atoms with Crippen molar-refractivity contribution in [1.82, 2.24) is 0 Å². The second-order valence-electron chi connectivity index (χ2n) is 3.58. The zero-order chi connectivity index (χ0) is 12.7. The first kappa shape index (κ1) is 14.1. The van der Waals surface area contributed by atoms with E-state index in [0.717, 1.165) is 12.8 Å². The van der Waals surface area contributed by atoms with Crippen LogP contribution in [0.25, 0.3) is 0 Å². The van der Waals surface area contributed by atoms with Gasteiger partial charge in [0.15, 0.2) is 0 Å². The van der Waals surface area contributed by atoms with Crippen LogP contribution in [0.3, 0.4) is 0 Å². The zero-order valence-corrected chi connectivity index (χ0v) is 10.8. The number of unbranched alkanes of at least 4 members (excludes halogenated alkanes) is 1. The SMILES string of the molecule is O=C(OCCCCc1ccccc1)C(F)(F)Br. The maximum absolute atomic E-state index is 12.3. The van der Waals surface area contributed by atoms with Crippen LogP contribution in [-0.2, 0) is 16.0 Å². The Hall–Kier alpha value is -0.970. The number of rotatable bonds is 6. The predicted octanol–water partition coefficient (Wildman–Crippen LogP) is 3.54. The first-order valence-electron chi connectivity index (χ1n) is 5.28. The Morgan fingerprint density at radius 1 is 1.24 bits per heavy atom. The van der Waals surface area contributed by atoms with Gasteiger partial charge in [-0.1, -0.05) is 30.3 Å². The molecule has 0 radical (unpaired) electrons. The highest BCUT2D eigenvalue weighted by Gasteiger charge is 2.36. The number of carbonyl (C=O) groups is 1. The van der Waals surface area contributed by atoms with E-state index >= 15 is 0 Å². The lowest BCUT2D eigenvalue weighted by Gasteiger charge is -2.08. The van der Waals surface area contributed by atoms with Crippen LogP contribution in [0.4, 0.5) is 8.78 Å². The normalized spacial score (nSPS) is 11.2. The number of hydrogen-bond acceptors (Lipinski definition) is 2. The van der Waals surface area contributed by atoms with Crippen molar-refractivity contribution in [3.63, 3.8) is 0 Å². The van der Waals surface area contributed by atoms with E-state index in [9.17, 15) is 13.6 Å². The summed E-state index contributed by atoms with van der Waals surface area (Å²) in [7, 11) is 0. The third-order valence-corrected chi connectivity index (χ3v) is 2.49. The van der Waals surface area contributed by atoms with Crippen molar-refractivity contribution >= 4 is 21.9 Å². The summed E-state index contributed by atoms with van der Waals surface area (Å²) in [6, 6.07) is 9.82. The van der Waals surface area contributed by atoms with Gasteiger partial charge in [-0.3, -0.25) is 0 Å². The largest absolute Gasteiger partial charge is 0.461 e. The minimum Gasteiger partial charge on any atom is -0.461 e. The summed E-state index contributed by atoms with van der Waals surface area (Å²) in [5, 5.41) is 0. The van der Waals surface area contributed by atoms with Crippen molar-refractivity contribution < 1.29 is 18.3 Å². The van der Waals surface area contributed by atoms with E-state index in [1.54, 1.807) is 0 Å². The Bertz CT molecular complexity index is 349. The molecule has 0 N–H and O–H groups in total. The molecular weight excluding hydrogens is 294 g/mol. The number of benzene rings is 1. The van der Waals surface area contributed by atoms with Crippen molar-refractivity contribution in [3.8, 4) is 0 Å². The van der Waals surface area contributed by atoms with Gasteiger partial charge in [-0.05, 0) is 24.8 Å². The number of alkyl halides is 3. The topological polar surface area (TPSA) is 26.3 Å². The minimum atomic E-state index is -3.58. The Balaban J connectivity index is 2.12. The predicted molar refractivity (Wildman–Crippen MR) is 64.2 cm³/mol. The molecule has 0 spiro atoms. The molecule has 0 heterocycles. The summed E-state index contributed by atoms with van der Waals surface area (Å²) in [4.78, 5) is 7.10. The molecule has 0 atom stereocenters. The van der Waals surface area contributed by atoms with Crippen LogP contribution < -0.4 is 0 Å². The molecule has 0 aliphatic carbocycles. The standard InChI is InChI=1S/C12H13BrF2O2/c13-12(14,15)11(16)17-9-5-4-8-10-6-2-1-3-7-10/h1-3,6-7H,4-5,8-9H2. The molecule has 0 unspecified atom stereocenters. The monoisotopic (exact) mass is 306 g/mol. The summed E-state index contributed by atoms with van der Waals surface area (Å²) < 4.78 is 29.1. The maximum atomic E-state index is 12.3. The van der Waals surface area contributed by atoms with E-state index in [0.29, 0.717) is 6.42 Å². The van der Waals surface area contributed by atoms with Gasteiger partial charge in [0.2, 0.25) is 0 Å². The molecule has 17 heavy (non-hydrogen) atoms. The number of aryl methyl sites for hydroxylation is 1. The minimum absolute atomic E-state index is 0.0207. The Labute approximate surface area is 107 Å². The smallest absolute Gasteiger partial charge is 0.395 e. The van der Waals surface area contributed by atoms with Crippen molar-refractivity contribution in [2.75, 3.05) is 6.61 Å². The summed E-state index contributed by atoms with van der Waals surface area (Å²) in [6.07, 6.45) is 2.22. The molecule has 1 aromatic carbocycles. The summed E-state index contributed by atoms with van der Waals surface area (Å²) >= 11 is 1.94. The quantitative estimate of drug-likeness (QED) is 0.456. The lowest BCUT2D eigenvalue weighted by atomic mass is 10.1. The fourth-order valence-electron chi connectivity index (χ4n) is 1.32. The van der Waals surface area contributed by atoms with Crippen molar-refractivity contribution in [2.24, 2.45) is 0 Å². The molecule has 1 aromatic rings. The molecule has 0 aliphatic rings. The molecule has 0 aliphatic heterocycles. The highest BCUT2D eigenvalue weighted by atomic mass is 79.9. The summed E-state index contributed by atoms with van der Waals surface area (Å²) in [5.74, 6) is -1.53. The molecule has 0 saturated carbocycles. The van der Waals surface area contributed by atoms with E-state index < -0.39 is 10.8 Å². The average Bonchev–Trinajstić information content (AvgIpc) is 2.28. The molecule has 0 saturated heterocycles. The molecule has 1 rings (SSSR count). The first-order chi connectivity index (χ1) is 8.00. The zero-order valence-electron chi connectivity index (χ0n) is 9.17. The Morgan fingerprint density at radius 3 is 2.47 bits per heavy atom. The lowest BCUT2D eigenvalue weighted by molar-refractivity contribution is -0.159. The number of hydrogen-bond donors (Lipinski definition) is 0. The second-order valence-corrected chi connectivity index (χ2v) is 4.57. The van der Waals surface area contributed by atoms with Crippen LogP contribution in [0.15, 0.2) is 30.3 Å². The van der Waals surface area contributed by atoms with E-state index in [4.69, 9.17) is 0 Å². The highest BCUT2D eigenvalue weighted by Crippen LogP contribution is 2.23. The van der Waals surface area contributed by atoms with Crippen LogP contribution in [0.1, 0.15) is 18.4 Å². The van der Waals surface area contributed by atoms with Crippen LogP contribution in [0.5, 0.6) is 0 Å². The number of ether oxygens (including phenoxy) is 1. The van der Waals surface area contributed by atoms with Crippen LogP contribution >= 0.6 is 15.9 Å². The third kappa shape index (κ3) is 5.77. The molecule has 2 nitrogen and oxygen atoms in total. The molecule has 0 bridgehead atoms. The van der Waals surface area contributed by atoms with E-state index in [1.165, 1.54) is 5.56 Å². The summed E-state index contributed by atoms with van der Waals surface area (Å²) in [5.41, 5.74) is 1.18. The molecule has 5 heteroatoms. The Kier molecular flexibility index (Phi) is 5.55. The highest BCUT2D eigenvalue weighted by molar-refractivity contribution is 9.10. The number of esters is 1. The molecule has 0 aromatic heterocycles. The van der Waals surface area contributed by atoms with Crippen LogP contribution in [0, 0.1) is 0 Å². The van der Waals surface area contributed by atoms with Crippen LogP contribution in [-0.4, -0.2) is 17.4 Å². The van der Waals surface area contributed by atoms with Gasteiger partial charge in [-0.15, -0.1) is 0 Å². The van der Waals surface area contributed by atoms with E-state index in [-0.39, 0.29) is 6.61 Å². The fourth-order valence-corrected chi connectivity index (χ4v) is 1.44. The maximum Gasteiger partial charge on any atom is 0.395 e. The van der Waals surface area contributed by atoms with Gasteiger partial charge in [0.25, 0.3) is 0 Å². The van der Waals surface area contributed by atoms with Gasteiger partial charge in [-0.2, -0.15) is 8.78 Å². The van der Waals surface area contributed by atoms with Crippen molar-refractivity contribution in [2.45, 2.75) is 24.1 Å². The van der Waals surface area contributed by atoms with Gasteiger partial charge in [0.05, 0.1) is 6.61 Å². The lowest BCUT2D eigenvalue weighted by Crippen LogP contribution is -2.24. The average molecular weight is 307 g/mol. The fraction of sp³-hybridized carbons (Fsp3) is 0.417. The first-order valence-corrected chi connectivity index (χ1v) is 6.07. The third-order valence-electron chi connectivity index (χ3n) is 2.17. The van der Waals surface area contributed by atoms with Crippen molar-refractivity contribution in [1.29, 1.82) is 0 Å².